The summed E-state index contributed by atoms with van der Waals surface area (Å²) in [7, 11) is 0. The lowest BCUT2D eigenvalue weighted by atomic mass is 9.89. The Hall–Kier alpha value is -2.97. The van der Waals surface area contributed by atoms with Gasteiger partial charge in [0.15, 0.2) is 6.29 Å². The van der Waals surface area contributed by atoms with E-state index in [1.54, 1.807) is 0 Å². The van der Waals surface area contributed by atoms with E-state index in [2.05, 4.69) is 30.3 Å². The third kappa shape index (κ3) is 7.79. The summed E-state index contributed by atoms with van der Waals surface area (Å²) in [5, 5.41) is 12.2. The maximum Gasteiger partial charge on any atom is 0.407 e. The molecule has 1 saturated carbocycles. The molecule has 39 heavy (non-hydrogen) atoms. The lowest BCUT2D eigenvalue weighted by Gasteiger charge is -2.43. The first-order valence-corrected chi connectivity index (χ1v) is 14.0. The lowest BCUT2D eigenvalue weighted by Crippen LogP contribution is -2.47. The quantitative estimate of drug-likeness (QED) is 0.335. The van der Waals surface area contributed by atoms with Gasteiger partial charge in [-0.15, -0.1) is 6.58 Å². The maximum atomic E-state index is 11.8. The fourth-order valence-electron chi connectivity index (χ4n) is 5.52. The van der Waals surface area contributed by atoms with Crippen molar-refractivity contribution in [3.63, 3.8) is 0 Å². The Morgan fingerprint density at radius 3 is 2.33 bits per heavy atom. The van der Waals surface area contributed by atoms with Gasteiger partial charge in [0.2, 0.25) is 0 Å². The molecule has 2 aromatic carbocycles. The SMILES string of the molecule is C=CCOC(=O)NCc1ccc(C2OC(CN(CC=C)C3CCCC3)C(C)C(c3ccc(CO)cc3)O2)cc1. The molecule has 2 aliphatic rings. The largest absolute Gasteiger partial charge is 0.445 e. The molecule has 0 spiro atoms. The number of nitrogens with one attached hydrogen (secondary N) is 1. The van der Waals surface area contributed by atoms with Gasteiger partial charge in [0.05, 0.1) is 18.8 Å². The number of hydrogen-bond acceptors (Lipinski definition) is 6. The summed E-state index contributed by atoms with van der Waals surface area (Å²) < 4.78 is 18.2. The molecular weight excluding hydrogens is 492 g/mol. The summed E-state index contributed by atoms with van der Waals surface area (Å²) in [6.07, 6.45) is 7.32. The van der Waals surface area contributed by atoms with Gasteiger partial charge in [-0.05, 0) is 29.5 Å². The molecule has 1 heterocycles. The Kier molecular flexibility index (Phi) is 10.7. The van der Waals surface area contributed by atoms with Gasteiger partial charge in [-0.2, -0.15) is 0 Å². The minimum absolute atomic E-state index is 0.0147. The second kappa shape index (κ2) is 14.4. The Morgan fingerprint density at radius 1 is 1.03 bits per heavy atom. The molecule has 0 radical (unpaired) electrons. The van der Waals surface area contributed by atoms with Gasteiger partial charge in [-0.1, -0.05) is 87.0 Å². The van der Waals surface area contributed by atoms with E-state index in [1.165, 1.54) is 31.8 Å². The molecule has 4 rings (SSSR count). The van der Waals surface area contributed by atoms with E-state index in [1.807, 2.05) is 54.6 Å². The van der Waals surface area contributed by atoms with E-state index in [4.69, 9.17) is 14.2 Å². The highest BCUT2D eigenvalue weighted by atomic mass is 16.7. The number of carbonyl (C=O) groups excluding carboxylic acids is 1. The number of amides is 1. The van der Waals surface area contributed by atoms with Crippen LogP contribution in [0.25, 0.3) is 0 Å². The molecule has 1 amide bonds. The standard InChI is InChI=1S/C32H42N2O5/c1-4-18-34(28-8-6-7-9-28)21-29-23(3)30(26-14-12-25(22-35)13-15-26)39-31(38-29)27-16-10-24(11-17-27)20-33-32(36)37-19-5-2/h4-5,10-17,23,28-31,35H,1-2,6-9,18-22H2,3H3,(H,33,36). The van der Waals surface area contributed by atoms with Crippen molar-refractivity contribution in [3.8, 4) is 0 Å². The zero-order valence-corrected chi connectivity index (χ0v) is 23.0. The first-order valence-electron chi connectivity index (χ1n) is 14.0. The van der Waals surface area contributed by atoms with Crippen LogP contribution in [0, 0.1) is 5.92 Å². The van der Waals surface area contributed by atoms with Gasteiger partial charge in [0.25, 0.3) is 0 Å². The molecule has 7 heteroatoms. The highest BCUT2D eigenvalue weighted by Gasteiger charge is 2.40. The van der Waals surface area contributed by atoms with E-state index >= 15 is 0 Å². The van der Waals surface area contributed by atoms with Crippen LogP contribution in [-0.4, -0.2) is 47.9 Å². The summed E-state index contributed by atoms with van der Waals surface area (Å²) in [5.74, 6) is 0.125. The number of benzene rings is 2. The summed E-state index contributed by atoms with van der Waals surface area (Å²) >= 11 is 0. The zero-order valence-electron chi connectivity index (χ0n) is 23.0. The topological polar surface area (TPSA) is 80.3 Å². The number of nitrogens with zero attached hydrogens (tertiary/aromatic N) is 1. The van der Waals surface area contributed by atoms with E-state index in [0.29, 0.717) is 12.6 Å². The van der Waals surface area contributed by atoms with Crippen LogP contribution < -0.4 is 5.32 Å². The average molecular weight is 535 g/mol. The molecule has 2 fully saturated rings. The van der Waals surface area contributed by atoms with Crippen molar-refractivity contribution in [2.24, 2.45) is 5.92 Å². The van der Waals surface area contributed by atoms with Crippen molar-refractivity contribution < 1.29 is 24.1 Å². The number of alkyl carbamates (subject to hydrolysis) is 1. The Balaban J connectivity index is 1.52. The van der Waals surface area contributed by atoms with Gasteiger partial charge in [-0.3, -0.25) is 4.90 Å². The average Bonchev–Trinajstić information content (AvgIpc) is 3.51. The van der Waals surface area contributed by atoms with E-state index in [9.17, 15) is 9.90 Å². The maximum absolute atomic E-state index is 11.8. The van der Waals surface area contributed by atoms with Crippen molar-refractivity contribution in [1.29, 1.82) is 0 Å². The third-order valence-electron chi connectivity index (χ3n) is 7.76. The molecule has 2 aromatic rings. The second-order valence-electron chi connectivity index (χ2n) is 10.5. The predicted octanol–water partition coefficient (Wildman–Crippen LogP) is 5.81. The van der Waals surface area contributed by atoms with Gasteiger partial charge < -0.3 is 24.6 Å². The Bertz CT molecular complexity index is 1060. The molecule has 4 atom stereocenters. The van der Waals surface area contributed by atoms with Crippen LogP contribution in [-0.2, 0) is 27.4 Å². The van der Waals surface area contributed by atoms with Crippen LogP contribution >= 0.6 is 0 Å². The van der Waals surface area contributed by atoms with Crippen molar-refractivity contribution in [2.45, 2.75) is 70.3 Å². The van der Waals surface area contributed by atoms with Crippen LogP contribution in [0.3, 0.4) is 0 Å². The fraction of sp³-hybridized carbons (Fsp3) is 0.469. The Morgan fingerprint density at radius 2 is 1.69 bits per heavy atom. The predicted molar refractivity (Wildman–Crippen MR) is 152 cm³/mol. The van der Waals surface area contributed by atoms with Crippen LogP contribution in [0.4, 0.5) is 4.79 Å². The molecule has 0 aromatic heterocycles. The molecule has 1 aliphatic carbocycles. The number of hydrogen-bond donors (Lipinski definition) is 2. The lowest BCUT2D eigenvalue weighted by molar-refractivity contribution is -0.276. The van der Waals surface area contributed by atoms with Crippen molar-refractivity contribution in [3.05, 3.63) is 96.1 Å². The second-order valence-corrected chi connectivity index (χ2v) is 10.5. The summed E-state index contributed by atoms with van der Waals surface area (Å²) in [4.78, 5) is 14.3. The monoisotopic (exact) mass is 534 g/mol. The number of carbonyl (C=O) groups is 1. The highest BCUT2D eigenvalue weighted by Crippen LogP contribution is 2.42. The van der Waals surface area contributed by atoms with Crippen LogP contribution in [0.5, 0.6) is 0 Å². The number of aliphatic hydroxyl groups is 1. The minimum atomic E-state index is -0.526. The highest BCUT2D eigenvalue weighted by molar-refractivity contribution is 5.67. The van der Waals surface area contributed by atoms with Gasteiger partial charge in [0, 0.05) is 37.2 Å². The van der Waals surface area contributed by atoms with E-state index < -0.39 is 12.4 Å². The molecule has 1 aliphatic heterocycles. The summed E-state index contributed by atoms with van der Waals surface area (Å²) in [6.45, 7) is 12.0. The zero-order chi connectivity index (χ0) is 27.6. The number of ether oxygens (including phenoxy) is 3. The van der Waals surface area contributed by atoms with Crippen LogP contribution in [0.15, 0.2) is 73.8 Å². The molecular formula is C32H42N2O5. The van der Waals surface area contributed by atoms with E-state index in [0.717, 1.165) is 35.3 Å². The van der Waals surface area contributed by atoms with Crippen molar-refractivity contribution in [1.82, 2.24) is 10.2 Å². The molecule has 210 valence electrons. The van der Waals surface area contributed by atoms with Crippen LogP contribution in [0.2, 0.25) is 0 Å². The van der Waals surface area contributed by atoms with Crippen molar-refractivity contribution in [2.75, 3.05) is 19.7 Å². The molecule has 4 unspecified atom stereocenters. The smallest absolute Gasteiger partial charge is 0.407 e. The van der Waals surface area contributed by atoms with E-state index in [-0.39, 0.29) is 31.3 Å². The molecule has 7 nitrogen and oxygen atoms in total. The van der Waals surface area contributed by atoms with Gasteiger partial charge >= 0.3 is 6.09 Å². The first kappa shape index (κ1) is 29.0. The first-order chi connectivity index (χ1) is 19.0. The minimum Gasteiger partial charge on any atom is -0.445 e. The molecule has 0 bridgehead atoms. The normalized spacial score (nSPS) is 23.5. The summed E-state index contributed by atoms with van der Waals surface area (Å²) in [6, 6.07) is 16.5. The molecule has 2 N–H and O–H groups in total. The molecule has 1 saturated heterocycles. The number of rotatable bonds is 12. The van der Waals surface area contributed by atoms with Crippen molar-refractivity contribution >= 4 is 6.09 Å². The van der Waals surface area contributed by atoms with Gasteiger partial charge in [-0.25, -0.2) is 4.79 Å². The Labute approximate surface area is 232 Å². The fourth-order valence-corrected chi connectivity index (χ4v) is 5.52. The van der Waals surface area contributed by atoms with Crippen LogP contribution in [0.1, 0.15) is 67.3 Å². The number of aliphatic hydroxyl groups excluding tert-OH is 1. The third-order valence-corrected chi connectivity index (χ3v) is 7.76. The summed E-state index contributed by atoms with van der Waals surface area (Å²) in [5.41, 5.74) is 3.83. The van der Waals surface area contributed by atoms with Gasteiger partial charge in [0.1, 0.15) is 6.61 Å².